The Kier molecular flexibility index (Phi) is 6.91. The van der Waals surface area contributed by atoms with Crippen molar-refractivity contribution in [2.45, 2.75) is 32.6 Å². The van der Waals surface area contributed by atoms with Crippen molar-refractivity contribution in [3.8, 4) is 0 Å². The van der Waals surface area contributed by atoms with E-state index in [4.69, 9.17) is 10.2 Å². The maximum Gasteiger partial charge on any atom is 0.306 e. The van der Waals surface area contributed by atoms with Crippen LogP contribution in [0.3, 0.4) is 0 Å². The van der Waals surface area contributed by atoms with Gasteiger partial charge in [0.25, 0.3) is 0 Å². The molecule has 0 aliphatic heterocycles. The molecule has 1 atom stereocenters. The van der Waals surface area contributed by atoms with Crippen molar-refractivity contribution in [2.75, 3.05) is 6.54 Å². The zero-order chi connectivity index (χ0) is 12.6. The lowest BCUT2D eigenvalue weighted by Crippen LogP contribution is -2.25. The maximum atomic E-state index is 11.0. The van der Waals surface area contributed by atoms with Crippen LogP contribution in [0.1, 0.15) is 32.6 Å². The molecule has 0 spiro atoms. The smallest absolute Gasteiger partial charge is 0.306 e. The lowest BCUT2D eigenvalue weighted by molar-refractivity contribution is -0.141. The third-order valence-corrected chi connectivity index (χ3v) is 2.12. The highest BCUT2D eigenvalue weighted by atomic mass is 16.4. The first-order valence-corrected chi connectivity index (χ1v) is 5.14. The van der Waals surface area contributed by atoms with Crippen LogP contribution >= 0.6 is 0 Å². The summed E-state index contributed by atoms with van der Waals surface area (Å²) in [6.07, 6.45) is 0.849. The Morgan fingerprint density at radius 1 is 1.19 bits per heavy atom. The van der Waals surface area contributed by atoms with E-state index in [1.165, 1.54) is 0 Å². The second-order valence-electron chi connectivity index (χ2n) is 3.63. The van der Waals surface area contributed by atoms with E-state index >= 15 is 0 Å². The quantitative estimate of drug-likeness (QED) is 0.527. The van der Waals surface area contributed by atoms with E-state index in [0.717, 1.165) is 0 Å². The van der Waals surface area contributed by atoms with Gasteiger partial charge in [0.1, 0.15) is 0 Å². The molecule has 0 saturated heterocycles. The summed E-state index contributed by atoms with van der Waals surface area (Å²) in [5.41, 5.74) is 0. The first-order chi connectivity index (χ1) is 7.43. The Balaban J connectivity index is 3.48. The van der Waals surface area contributed by atoms with E-state index < -0.39 is 17.9 Å². The third-order valence-electron chi connectivity index (χ3n) is 2.12. The lowest BCUT2D eigenvalue weighted by atomic mass is 10.1. The lowest BCUT2D eigenvalue weighted by Gasteiger charge is -2.06. The zero-order valence-corrected chi connectivity index (χ0v) is 9.23. The highest BCUT2D eigenvalue weighted by Gasteiger charge is 2.10. The summed E-state index contributed by atoms with van der Waals surface area (Å²) < 4.78 is 0. The van der Waals surface area contributed by atoms with E-state index in [0.29, 0.717) is 19.4 Å². The van der Waals surface area contributed by atoms with Crippen molar-refractivity contribution in [2.24, 2.45) is 5.92 Å². The summed E-state index contributed by atoms with van der Waals surface area (Å²) in [6.45, 7) is 1.99. The van der Waals surface area contributed by atoms with Crippen LogP contribution in [0.15, 0.2) is 0 Å². The summed E-state index contributed by atoms with van der Waals surface area (Å²) in [5, 5.41) is 19.4. The fraction of sp³-hybridized carbons (Fsp3) is 0.700. The van der Waals surface area contributed by atoms with Crippen LogP contribution in [-0.2, 0) is 14.4 Å². The first kappa shape index (κ1) is 14.4. The average molecular weight is 231 g/mol. The van der Waals surface area contributed by atoms with Crippen LogP contribution in [0.5, 0.6) is 0 Å². The number of carboxylic acids is 2. The van der Waals surface area contributed by atoms with Crippen molar-refractivity contribution < 1.29 is 24.6 Å². The van der Waals surface area contributed by atoms with E-state index in [1.807, 2.05) is 0 Å². The van der Waals surface area contributed by atoms with Gasteiger partial charge in [0.15, 0.2) is 0 Å². The van der Waals surface area contributed by atoms with Crippen molar-refractivity contribution in [3.05, 3.63) is 0 Å². The first-order valence-electron chi connectivity index (χ1n) is 5.14. The van der Waals surface area contributed by atoms with E-state index in [-0.39, 0.29) is 18.7 Å². The van der Waals surface area contributed by atoms with Crippen molar-refractivity contribution in [3.63, 3.8) is 0 Å². The topological polar surface area (TPSA) is 104 Å². The molecule has 3 N–H and O–H groups in total. The summed E-state index contributed by atoms with van der Waals surface area (Å²) >= 11 is 0. The molecule has 16 heavy (non-hydrogen) atoms. The van der Waals surface area contributed by atoms with Crippen LogP contribution in [0, 0.1) is 5.92 Å². The Morgan fingerprint density at radius 3 is 2.31 bits per heavy atom. The molecule has 1 amide bonds. The van der Waals surface area contributed by atoms with Crippen molar-refractivity contribution in [1.82, 2.24) is 5.32 Å². The monoisotopic (exact) mass is 231 g/mol. The van der Waals surface area contributed by atoms with Gasteiger partial charge in [-0.25, -0.2) is 0 Å². The van der Waals surface area contributed by atoms with Gasteiger partial charge in [-0.2, -0.15) is 0 Å². The van der Waals surface area contributed by atoms with Crippen molar-refractivity contribution in [1.29, 1.82) is 0 Å². The van der Waals surface area contributed by atoms with E-state index in [9.17, 15) is 14.4 Å². The maximum absolute atomic E-state index is 11.0. The molecule has 0 bridgehead atoms. The van der Waals surface area contributed by atoms with Gasteiger partial charge >= 0.3 is 11.9 Å². The standard InChI is InChI=1S/C10H17NO5/c1-7(10(15)16)3-2-6-11-8(12)4-5-9(13)14/h7H,2-6H2,1H3,(H,11,12)(H,13,14)(H,15,16). The van der Waals surface area contributed by atoms with Crippen LogP contribution in [0.4, 0.5) is 0 Å². The molecule has 6 heteroatoms. The second-order valence-corrected chi connectivity index (χ2v) is 3.63. The van der Waals surface area contributed by atoms with Gasteiger partial charge in [0.2, 0.25) is 5.91 Å². The Labute approximate surface area is 93.6 Å². The van der Waals surface area contributed by atoms with Crippen molar-refractivity contribution >= 4 is 17.8 Å². The number of hydrogen-bond donors (Lipinski definition) is 3. The molecule has 0 heterocycles. The number of nitrogens with one attached hydrogen (secondary N) is 1. The number of hydrogen-bond acceptors (Lipinski definition) is 3. The Bertz CT molecular complexity index is 264. The van der Waals surface area contributed by atoms with Gasteiger partial charge < -0.3 is 15.5 Å². The average Bonchev–Trinajstić information content (AvgIpc) is 2.20. The summed E-state index contributed by atoms with van der Waals surface area (Å²) in [6, 6.07) is 0. The predicted octanol–water partition coefficient (Wildman–Crippen LogP) is 0.468. The number of aliphatic carboxylic acids is 2. The molecule has 0 rings (SSSR count). The molecule has 92 valence electrons. The largest absolute Gasteiger partial charge is 0.481 e. The highest BCUT2D eigenvalue weighted by Crippen LogP contribution is 2.04. The summed E-state index contributed by atoms with van der Waals surface area (Å²) in [7, 11) is 0. The van der Waals surface area contributed by atoms with E-state index in [2.05, 4.69) is 5.32 Å². The SMILES string of the molecule is CC(CCCNC(=O)CCC(=O)O)C(=O)O. The van der Waals surface area contributed by atoms with Crippen LogP contribution in [0.2, 0.25) is 0 Å². The second kappa shape index (κ2) is 7.67. The van der Waals surface area contributed by atoms with Crippen LogP contribution < -0.4 is 5.32 Å². The zero-order valence-electron chi connectivity index (χ0n) is 9.23. The fourth-order valence-corrected chi connectivity index (χ4v) is 1.07. The van der Waals surface area contributed by atoms with E-state index in [1.54, 1.807) is 6.92 Å². The van der Waals surface area contributed by atoms with Gasteiger partial charge in [-0.1, -0.05) is 6.92 Å². The van der Waals surface area contributed by atoms with Crippen LogP contribution in [0.25, 0.3) is 0 Å². The predicted molar refractivity (Wildman–Crippen MR) is 55.9 cm³/mol. The summed E-state index contributed by atoms with van der Waals surface area (Å²) in [5.74, 6) is -2.59. The number of rotatable bonds is 8. The Hall–Kier alpha value is -1.59. The number of carbonyl (C=O) groups is 3. The van der Waals surface area contributed by atoms with Crippen LogP contribution in [-0.4, -0.2) is 34.6 Å². The summed E-state index contributed by atoms with van der Waals surface area (Å²) in [4.78, 5) is 31.6. The molecule has 0 aromatic rings. The highest BCUT2D eigenvalue weighted by molar-refractivity contribution is 5.80. The van der Waals surface area contributed by atoms with Gasteiger partial charge in [-0.3, -0.25) is 14.4 Å². The number of carboxylic acid groups (broad SMARTS) is 2. The molecule has 0 aliphatic rings. The molecule has 1 unspecified atom stereocenters. The molecule has 0 radical (unpaired) electrons. The number of carbonyl (C=O) groups excluding carboxylic acids is 1. The minimum atomic E-state index is -1.00. The van der Waals surface area contributed by atoms with Gasteiger partial charge in [-0.05, 0) is 12.8 Å². The van der Waals surface area contributed by atoms with Gasteiger partial charge in [0, 0.05) is 13.0 Å². The molecular formula is C10H17NO5. The molecular weight excluding hydrogens is 214 g/mol. The van der Waals surface area contributed by atoms with Gasteiger partial charge in [0.05, 0.1) is 12.3 Å². The third kappa shape index (κ3) is 7.78. The normalized spacial score (nSPS) is 11.8. The molecule has 0 saturated carbocycles. The number of amides is 1. The molecule has 6 nitrogen and oxygen atoms in total. The molecule has 0 aromatic carbocycles. The molecule has 0 fully saturated rings. The minimum absolute atomic E-state index is 0.0379. The molecule has 0 aromatic heterocycles. The van der Waals surface area contributed by atoms with Gasteiger partial charge in [-0.15, -0.1) is 0 Å². The fourth-order valence-electron chi connectivity index (χ4n) is 1.07. The molecule has 0 aliphatic carbocycles. The minimum Gasteiger partial charge on any atom is -0.481 e. The Morgan fingerprint density at radius 2 is 1.81 bits per heavy atom.